The van der Waals surface area contributed by atoms with E-state index in [1.165, 1.54) is 24.7 Å². The summed E-state index contributed by atoms with van der Waals surface area (Å²) in [7, 11) is 1.50. The number of anilines is 1. The van der Waals surface area contributed by atoms with E-state index in [9.17, 15) is 9.59 Å². The molecule has 2 saturated carbocycles. The smallest absolute Gasteiger partial charge is 0.271 e. The monoisotopic (exact) mass is 443 g/mol. The molecule has 1 aliphatic heterocycles. The molecule has 31 heavy (non-hydrogen) atoms. The Hall–Kier alpha value is -2.72. The Balaban J connectivity index is 1.54. The second-order valence-corrected chi connectivity index (χ2v) is 9.69. The van der Waals surface area contributed by atoms with E-state index in [1.807, 2.05) is 9.47 Å². The molecule has 2 aliphatic carbocycles. The van der Waals surface area contributed by atoms with E-state index in [0.717, 1.165) is 31.4 Å². The normalized spacial score (nSPS) is 23.9. The van der Waals surface area contributed by atoms with E-state index in [-0.39, 0.29) is 28.3 Å². The summed E-state index contributed by atoms with van der Waals surface area (Å²) < 4.78 is 20.0. The number of nitrogens with two attached hydrogens (primary N) is 1. The molecule has 10 heteroatoms. The topological polar surface area (TPSA) is 106 Å². The second kappa shape index (κ2) is 6.39. The standard InChI is InChI=1S/C21H22FN5O3S/c1-30-24-14-9-26(8-12(14)21(23)4-5-21)16-7-15-11(6-13(16)22)18(28)17-19(29)25-31-20(17)27(15)10-2-3-10/h6-7,10,12H,2-5,8-9,23H2,1H3,(H,25,29). The first-order chi connectivity index (χ1) is 14.9. The number of rotatable bonds is 4. The Kier molecular flexibility index (Phi) is 3.92. The second-order valence-electron chi connectivity index (χ2n) is 8.90. The zero-order valence-electron chi connectivity index (χ0n) is 17.0. The number of pyridine rings is 1. The van der Waals surface area contributed by atoms with Crippen molar-refractivity contribution in [1.29, 1.82) is 0 Å². The molecule has 1 atom stereocenters. The summed E-state index contributed by atoms with van der Waals surface area (Å²) in [4.78, 5) is 32.8. The first-order valence-electron chi connectivity index (χ1n) is 10.4. The number of hydrogen-bond donors (Lipinski definition) is 2. The highest BCUT2D eigenvalue weighted by Crippen LogP contribution is 2.45. The molecule has 1 unspecified atom stereocenters. The SMILES string of the molecule is CON=C1CN(c2cc3c(cc2F)c(=O)c2c(=O)[nH]sc2n3C2CC2)CC1C1(N)CC1. The number of halogens is 1. The minimum atomic E-state index is -0.489. The van der Waals surface area contributed by atoms with E-state index in [4.69, 9.17) is 10.6 Å². The summed E-state index contributed by atoms with van der Waals surface area (Å²) in [5, 5.41) is 4.53. The third kappa shape index (κ3) is 2.77. The maximum Gasteiger partial charge on any atom is 0.271 e. The molecule has 1 aromatic carbocycles. The minimum Gasteiger partial charge on any atom is -0.399 e. The van der Waals surface area contributed by atoms with Crippen LogP contribution in [0.25, 0.3) is 21.1 Å². The number of H-pyrrole nitrogens is 1. The van der Waals surface area contributed by atoms with Gasteiger partial charge < -0.3 is 20.0 Å². The van der Waals surface area contributed by atoms with Gasteiger partial charge in [-0.15, -0.1) is 0 Å². The molecule has 0 amide bonds. The summed E-state index contributed by atoms with van der Waals surface area (Å²) in [6, 6.07) is 3.24. The van der Waals surface area contributed by atoms with Crippen LogP contribution in [0.4, 0.5) is 10.1 Å². The van der Waals surface area contributed by atoms with Gasteiger partial charge in [0.1, 0.15) is 23.1 Å². The fraction of sp³-hybridized carbons (Fsp3) is 0.476. The van der Waals surface area contributed by atoms with Crippen LogP contribution in [0.5, 0.6) is 0 Å². The Morgan fingerprint density at radius 1 is 1.32 bits per heavy atom. The van der Waals surface area contributed by atoms with Gasteiger partial charge in [0.2, 0.25) is 5.43 Å². The molecule has 3 fully saturated rings. The van der Waals surface area contributed by atoms with Gasteiger partial charge in [0.05, 0.1) is 23.5 Å². The van der Waals surface area contributed by atoms with Gasteiger partial charge in [0, 0.05) is 29.4 Å². The summed E-state index contributed by atoms with van der Waals surface area (Å²) in [5.74, 6) is -0.484. The lowest BCUT2D eigenvalue weighted by molar-refractivity contribution is 0.210. The summed E-state index contributed by atoms with van der Waals surface area (Å²) in [5.41, 5.74) is 7.22. The van der Waals surface area contributed by atoms with Crippen LogP contribution >= 0.6 is 11.5 Å². The van der Waals surface area contributed by atoms with Gasteiger partial charge in [-0.05, 0) is 49.3 Å². The number of fused-ring (bicyclic) bond motifs is 2. The van der Waals surface area contributed by atoms with Gasteiger partial charge in [0.15, 0.2) is 0 Å². The summed E-state index contributed by atoms with van der Waals surface area (Å²) in [6.07, 6.45) is 3.77. The third-order valence-corrected chi connectivity index (χ3v) is 7.72. The fourth-order valence-electron chi connectivity index (χ4n) is 4.87. The van der Waals surface area contributed by atoms with Gasteiger partial charge in [0.25, 0.3) is 5.56 Å². The quantitative estimate of drug-likeness (QED) is 0.602. The number of hydrogen-bond acceptors (Lipinski definition) is 7. The lowest BCUT2D eigenvalue weighted by Crippen LogP contribution is -2.38. The maximum atomic E-state index is 15.3. The molecular formula is C21H22FN5O3S. The maximum absolute atomic E-state index is 15.3. The van der Waals surface area contributed by atoms with Crippen LogP contribution in [0.2, 0.25) is 0 Å². The van der Waals surface area contributed by atoms with Gasteiger partial charge in [-0.2, -0.15) is 0 Å². The predicted molar refractivity (Wildman–Crippen MR) is 119 cm³/mol. The van der Waals surface area contributed by atoms with Crippen LogP contribution in [0.3, 0.4) is 0 Å². The Morgan fingerprint density at radius 2 is 2.10 bits per heavy atom. The van der Waals surface area contributed by atoms with Crippen molar-refractivity contribution in [3.8, 4) is 0 Å². The highest BCUT2D eigenvalue weighted by atomic mass is 32.1. The molecule has 0 bridgehead atoms. The highest BCUT2D eigenvalue weighted by molar-refractivity contribution is 7.12. The summed E-state index contributed by atoms with van der Waals surface area (Å²) >= 11 is 1.17. The average Bonchev–Trinajstić information content (AvgIpc) is 3.64. The molecule has 2 aromatic heterocycles. The van der Waals surface area contributed by atoms with Crippen LogP contribution in [0.1, 0.15) is 31.7 Å². The van der Waals surface area contributed by atoms with Crippen LogP contribution in [0.15, 0.2) is 26.9 Å². The average molecular weight is 444 g/mol. The zero-order valence-corrected chi connectivity index (χ0v) is 17.8. The molecule has 6 rings (SSSR count). The van der Waals surface area contributed by atoms with E-state index >= 15 is 4.39 Å². The minimum absolute atomic E-state index is 0.00516. The van der Waals surface area contributed by atoms with Crippen LogP contribution in [0, 0.1) is 11.7 Å². The molecule has 8 nitrogen and oxygen atoms in total. The lowest BCUT2D eigenvalue weighted by Gasteiger charge is -2.22. The summed E-state index contributed by atoms with van der Waals surface area (Å²) in [6.45, 7) is 0.974. The predicted octanol–water partition coefficient (Wildman–Crippen LogP) is 2.31. The van der Waals surface area contributed by atoms with Gasteiger partial charge in [-0.3, -0.25) is 14.0 Å². The van der Waals surface area contributed by atoms with Crippen molar-refractivity contribution in [2.24, 2.45) is 16.8 Å². The molecule has 0 radical (unpaired) electrons. The number of aromatic amines is 1. The lowest BCUT2D eigenvalue weighted by atomic mass is 9.96. The number of aromatic nitrogens is 2. The number of oxime groups is 1. The molecule has 3 heterocycles. The van der Waals surface area contributed by atoms with Gasteiger partial charge >= 0.3 is 0 Å². The molecule has 0 spiro atoms. The first-order valence-corrected chi connectivity index (χ1v) is 11.3. The first kappa shape index (κ1) is 19.0. The van der Waals surface area contributed by atoms with E-state index in [0.29, 0.717) is 29.1 Å². The molecule has 3 aromatic rings. The van der Waals surface area contributed by atoms with Gasteiger partial charge in [-0.1, -0.05) is 5.16 Å². The van der Waals surface area contributed by atoms with Crippen molar-refractivity contribution in [2.45, 2.75) is 37.3 Å². The van der Waals surface area contributed by atoms with Crippen molar-refractivity contribution in [3.63, 3.8) is 0 Å². The fourth-order valence-corrected chi connectivity index (χ4v) is 5.80. The van der Waals surface area contributed by atoms with Crippen molar-refractivity contribution in [2.75, 3.05) is 25.1 Å². The zero-order chi connectivity index (χ0) is 21.5. The van der Waals surface area contributed by atoms with Crippen molar-refractivity contribution in [3.05, 3.63) is 38.5 Å². The molecule has 162 valence electrons. The number of benzene rings is 1. The number of nitrogens with one attached hydrogen (secondary N) is 1. The Morgan fingerprint density at radius 3 is 2.77 bits per heavy atom. The van der Waals surface area contributed by atoms with E-state index < -0.39 is 16.8 Å². The largest absolute Gasteiger partial charge is 0.399 e. The number of nitrogens with zero attached hydrogens (tertiary/aromatic N) is 3. The molecular weight excluding hydrogens is 421 g/mol. The van der Waals surface area contributed by atoms with Crippen LogP contribution in [-0.2, 0) is 4.84 Å². The van der Waals surface area contributed by atoms with Crippen molar-refractivity contribution < 1.29 is 9.23 Å². The van der Waals surface area contributed by atoms with E-state index in [2.05, 4.69) is 9.53 Å². The molecule has 3 aliphatic rings. The Bertz CT molecular complexity index is 1380. The molecule has 3 N–H and O–H groups in total. The third-order valence-electron chi connectivity index (χ3n) is 6.84. The van der Waals surface area contributed by atoms with Crippen LogP contribution in [-0.4, -0.2) is 40.4 Å². The van der Waals surface area contributed by atoms with Crippen molar-refractivity contribution >= 4 is 44.1 Å². The Labute approximate surface area is 180 Å². The van der Waals surface area contributed by atoms with Crippen molar-refractivity contribution in [1.82, 2.24) is 8.94 Å². The van der Waals surface area contributed by atoms with Crippen LogP contribution < -0.4 is 21.6 Å². The molecule has 1 saturated heterocycles. The van der Waals surface area contributed by atoms with Gasteiger partial charge in [-0.25, -0.2) is 4.39 Å². The van der Waals surface area contributed by atoms with E-state index in [1.54, 1.807) is 6.07 Å². The highest BCUT2D eigenvalue weighted by Gasteiger charge is 2.51.